The summed E-state index contributed by atoms with van der Waals surface area (Å²) in [5, 5.41) is 3.93. The Kier molecular flexibility index (Phi) is 10.3. The molecule has 0 amide bonds. The highest BCUT2D eigenvalue weighted by molar-refractivity contribution is 7.90. The molecule has 3 rings (SSSR count). The SMILES string of the molecule is CCNC(=S)N(CCN1CCOCC1)Cc1cnc(S(=O)(=O)Cc2ccccc2)n1CCOC. The van der Waals surface area contributed by atoms with Crippen LogP contribution >= 0.6 is 12.2 Å². The molecular formula is C23H35N5O4S2. The summed E-state index contributed by atoms with van der Waals surface area (Å²) in [6.45, 7) is 8.78. The Bertz CT molecular complexity index is 1010. The number of rotatable bonds is 12. The first kappa shape index (κ1) is 26.6. The van der Waals surface area contributed by atoms with Gasteiger partial charge in [-0.3, -0.25) is 4.90 Å². The molecule has 1 N–H and O–H groups in total. The third-order valence-corrected chi connectivity index (χ3v) is 7.65. The van der Waals surface area contributed by atoms with Gasteiger partial charge in [0, 0.05) is 46.4 Å². The molecule has 11 heteroatoms. The van der Waals surface area contributed by atoms with Crippen molar-refractivity contribution in [2.24, 2.45) is 0 Å². The molecule has 34 heavy (non-hydrogen) atoms. The molecule has 1 saturated heterocycles. The van der Waals surface area contributed by atoms with Gasteiger partial charge in [-0.1, -0.05) is 30.3 Å². The van der Waals surface area contributed by atoms with Crippen molar-refractivity contribution in [3.05, 3.63) is 47.8 Å². The second-order valence-corrected chi connectivity index (χ2v) is 10.4. The third-order valence-electron chi connectivity index (χ3n) is 5.66. The standard InChI is InChI=1S/C23H35N5O4S2/c1-3-24-22(33)27(10-9-26-11-15-32-16-12-26)18-21-17-25-23(28(21)13-14-31-2)34(29,30)19-20-7-5-4-6-8-20/h4-8,17H,3,9-16,18-19H2,1-2H3,(H,24,33). The van der Waals surface area contributed by atoms with E-state index in [0.717, 1.165) is 44.1 Å². The minimum atomic E-state index is -3.64. The highest BCUT2D eigenvalue weighted by atomic mass is 32.2. The van der Waals surface area contributed by atoms with Crippen molar-refractivity contribution in [2.45, 2.75) is 30.9 Å². The summed E-state index contributed by atoms with van der Waals surface area (Å²) in [5.74, 6) is -0.103. The first-order valence-electron chi connectivity index (χ1n) is 11.6. The lowest BCUT2D eigenvalue weighted by Gasteiger charge is -2.31. The van der Waals surface area contributed by atoms with Crippen molar-refractivity contribution in [1.29, 1.82) is 0 Å². The molecule has 0 unspecified atom stereocenters. The van der Waals surface area contributed by atoms with Crippen molar-refractivity contribution in [3.63, 3.8) is 0 Å². The maximum atomic E-state index is 13.3. The number of aromatic nitrogens is 2. The Hall–Kier alpha value is -2.05. The molecule has 0 saturated carbocycles. The van der Waals surface area contributed by atoms with Crippen LogP contribution in [0.3, 0.4) is 0 Å². The second-order valence-electron chi connectivity index (χ2n) is 8.13. The summed E-state index contributed by atoms with van der Waals surface area (Å²) < 4.78 is 39.0. The smallest absolute Gasteiger partial charge is 0.228 e. The summed E-state index contributed by atoms with van der Waals surface area (Å²) in [6, 6.07) is 9.15. The second kappa shape index (κ2) is 13.1. The summed E-state index contributed by atoms with van der Waals surface area (Å²) in [5.41, 5.74) is 1.51. The Labute approximate surface area is 208 Å². The molecule has 1 aliphatic heterocycles. The van der Waals surface area contributed by atoms with Crippen LogP contribution in [0, 0.1) is 0 Å². The number of nitrogens with one attached hydrogen (secondary N) is 1. The molecule has 188 valence electrons. The molecule has 0 bridgehead atoms. The van der Waals surface area contributed by atoms with E-state index in [-0.39, 0.29) is 10.9 Å². The fourth-order valence-corrected chi connectivity index (χ4v) is 5.66. The van der Waals surface area contributed by atoms with Crippen LogP contribution in [0.5, 0.6) is 0 Å². The zero-order chi connectivity index (χ0) is 24.4. The van der Waals surface area contributed by atoms with E-state index >= 15 is 0 Å². The first-order valence-corrected chi connectivity index (χ1v) is 13.6. The van der Waals surface area contributed by atoms with Crippen LogP contribution in [-0.4, -0.2) is 92.5 Å². The maximum absolute atomic E-state index is 13.3. The van der Waals surface area contributed by atoms with Crippen LogP contribution in [0.4, 0.5) is 0 Å². The predicted molar refractivity (Wildman–Crippen MR) is 135 cm³/mol. The Morgan fingerprint density at radius 1 is 1.24 bits per heavy atom. The zero-order valence-corrected chi connectivity index (χ0v) is 21.6. The van der Waals surface area contributed by atoms with E-state index in [1.807, 2.05) is 37.3 Å². The van der Waals surface area contributed by atoms with Gasteiger partial charge in [0.2, 0.25) is 15.0 Å². The summed E-state index contributed by atoms with van der Waals surface area (Å²) in [7, 11) is -2.04. The minimum absolute atomic E-state index is 0.0610. The topological polar surface area (TPSA) is 88.9 Å². The number of benzene rings is 1. The summed E-state index contributed by atoms with van der Waals surface area (Å²) >= 11 is 5.64. The number of nitrogens with zero attached hydrogens (tertiary/aromatic N) is 4. The highest BCUT2D eigenvalue weighted by Crippen LogP contribution is 2.19. The lowest BCUT2D eigenvalue weighted by atomic mass is 10.2. The molecule has 1 aliphatic rings. The van der Waals surface area contributed by atoms with E-state index in [0.29, 0.717) is 37.9 Å². The molecule has 1 aromatic heterocycles. The fraction of sp³-hybridized carbons (Fsp3) is 0.565. The number of sulfone groups is 1. The van der Waals surface area contributed by atoms with Crippen molar-refractivity contribution in [3.8, 4) is 0 Å². The van der Waals surface area contributed by atoms with Crippen molar-refractivity contribution in [1.82, 2.24) is 24.7 Å². The molecule has 0 atom stereocenters. The van der Waals surface area contributed by atoms with Crippen molar-refractivity contribution >= 4 is 27.2 Å². The minimum Gasteiger partial charge on any atom is -0.383 e. The molecular weight excluding hydrogens is 474 g/mol. The van der Waals surface area contributed by atoms with Gasteiger partial charge in [-0.05, 0) is 24.7 Å². The highest BCUT2D eigenvalue weighted by Gasteiger charge is 2.25. The normalized spacial score (nSPS) is 14.8. The Morgan fingerprint density at radius 3 is 2.65 bits per heavy atom. The van der Waals surface area contributed by atoms with Crippen molar-refractivity contribution < 1.29 is 17.9 Å². The first-order chi connectivity index (χ1) is 16.4. The van der Waals surface area contributed by atoms with Crippen LogP contribution in [0.15, 0.2) is 41.7 Å². The van der Waals surface area contributed by atoms with Crippen LogP contribution in [0.2, 0.25) is 0 Å². The van der Waals surface area contributed by atoms with E-state index in [2.05, 4.69) is 20.1 Å². The number of morpholine rings is 1. The summed E-state index contributed by atoms with van der Waals surface area (Å²) in [6.07, 6.45) is 1.64. The summed E-state index contributed by atoms with van der Waals surface area (Å²) in [4.78, 5) is 8.77. The van der Waals surface area contributed by atoms with Crippen LogP contribution < -0.4 is 5.32 Å². The molecule has 9 nitrogen and oxygen atoms in total. The van der Waals surface area contributed by atoms with Gasteiger partial charge >= 0.3 is 0 Å². The fourth-order valence-electron chi connectivity index (χ4n) is 3.84. The molecule has 0 radical (unpaired) electrons. The number of imidazole rings is 1. The number of hydrogen-bond acceptors (Lipinski definition) is 7. The molecule has 1 fully saturated rings. The number of hydrogen-bond donors (Lipinski definition) is 1. The number of methoxy groups -OCH3 is 1. The van der Waals surface area contributed by atoms with E-state index in [9.17, 15) is 8.42 Å². The molecule has 0 aliphatic carbocycles. The monoisotopic (exact) mass is 509 g/mol. The molecule has 1 aromatic carbocycles. The van der Waals surface area contributed by atoms with Crippen molar-refractivity contribution in [2.75, 3.05) is 59.7 Å². The Balaban J connectivity index is 1.82. The largest absolute Gasteiger partial charge is 0.383 e. The lowest BCUT2D eigenvalue weighted by Crippen LogP contribution is -2.46. The maximum Gasteiger partial charge on any atom is 0.228 e. The predicted octanol–water partition coefficient (Wildman–Crippen LogP) is 1.53. The van der Waals surface area contributed by atoms with Gasteiger partial charge in [0.05, 0.1) is 44.0 Å². The third kappa shape index (κ3) is 7.47. The van der Waals surface area contributed by atoms with E-state index in [1.54, 1.807) is 17.9 Å². The van der Waals surface area contributed by atoms with E-state index < -0.39 is 9.84 Å². The van der Waals surface area contributed by atoms with Gasteiger partial charge in [0.15, 0.2) is 5.11 Å². The Morgan fingerprint density at radius 2 is 1.97 bits per heavy atom. The lowest BCUT2D eigenvalue weighted by molar-refractivity contribution is 0.0356. The van der Waals surface area contributed by atoms with Crippen LogP contribution in [-0.2, 0) is 38.2 Å². The van der Waals surface area contributed by atoms with Gasteiger partial charge in [-0.15, -0.1) is 0 Å². The van der Waals surface area contributed by atoms with E-state index in [1.165, 1.54) is 0 Å². The van der Waals surface area contributed by atoms with Gasteiger partial charge < -0.3 is 24.3 Å². The average molecular weight is 510 g/mol. The van der Waals surface area contributed by atoms with Gasteiger partial charge in [0.25, 0.3) is 0 Å². The van der Waals surface area contributed by atoms with Crippen LogP contribution in [0.25, 0.3) is 0 Å². The quantitative estimate of drug-likeness (QED) is 0.428. The zero-order valence-electron chi connectivity index (χ0n) is 20.0. The molecule has 2 heterocycles. The molecule has 2 aromatic rings. The van der Waals surface area contributed by atoms with Gasteiger partial charge in [-0.25, -0.2) is 13.4 Å². The van der Waals surface area contributed by atoms with E-state index in [4.69, 9.17) is 21.7 Å². The molecule has 0 spiro atoms. The van der Waals surface area contributed by atoms with Gasteiger partial charge in [0.1, 0.15) is 0 Å². The number of thiocarbonyl (C=S) groups is 1. The van der Waals surface area contributed by atoms with Crippen LogP contribution in [0.1, 0.15) is 18.2 Å². The number of ether oxygens (including phenoxy) is 2. The average Bonchev–Trinajstić information content (AvgIpc) is 3.25. The van der Waals surface area contributed by atoms with Gasteiger partial charge in [-0.2, -0.15) is 0 Å².